The van der Waals surface area contributed by atoms with Crippen LogP contribution in [0.3, 0.4) is 0 Å². The summed E-state index contributed by atoms with van der Waals surface area (Å²) in [6.45, 7) is 6.83. The Labute approximate surface area is 127 Å². The van der Waals surface area contributed by atoms with Crippen LogP contribution in [0.4, 0.5) is 0 Å². The van der Waals surface area contributed by atoms with Crippen molar-refractivity contribution in [2.45, 2.75) is 38.4 Å². The minimum absolute atomic E-state index is 0.00481. The maximum atomic E-state index is 11.0. The molecule has 0 aromatic carbocycles. The molecule has 6 heteroatoms. The van der Waals surface area contributed by atoms with E-state index in [2.05, 4.69) is 28.3 Å². The van der Waals surface area contributed by atoms with Gasteiger partial charge in [0.05, 0.1) is 15.8 Å². The van der Waals surface area contributed by atoms with Gasteiger partial charge in [-0.3, -0.25) is 4.79 Å². The lowest BCUT2D eigenvalue weighted by molar-refractivity contribution is -0.118. The van der Waals surface area contributed by atoms with Crippen LogP contribution < -0.4 is 5.32 Å². The molecule has 1 atom stereocenters. The third-order valence-corrected chi connectivity index (χ3v) is 5.43. The number of amides is 1. The molecule has 1 unspecified atom stereocenters. The van der Waals surface area contributed by atoms with Gasteiger partial charge >= 0.3 is 0 Å². The van der Waals surface area contributed by atoms with Crippen molar-refractivity contribution in [1.29, 1.82) is 0 Å². The molecule has 0 bridgehead atoms. The van der Waals surface area contributed by atoms with Gasteiger partial charge in [0.25, 0.3) is 0 Å². The molecule has 0 aliphatic heterocycles. The lowest BCUT2D eigenvalue weighted by Crippen LogP contribution is -2.25. The minimum atomic E-state index is -0.326. The van der Waals surface area contributed by atoms with Gasteiger partial charge in [0.1, 0.15) is 0 Å². The number of carbonyl (C=O) groups excluding carboxylic acids is 1. The first kappa shape index (κ1) is 15.4. The molecule has 0 spiro atoms. The molecular formula is C14H20N2O2S2. The van der Waals surface area contributed by atoms with E-state index >= 15 is 0 Å². The number of nitrogens with one attached hydrogen (secondary N) is 1. The van der Waals surface area contributed by atoms with E-state index in [1.807, 2.05) is 0 Å². The molecule has 2 aromatic heterocycles. The van der Waals surface area contributed by atoms with Crippen molar-refractivity contribution < 1.29 is 9.90 Å². The van der Waals surface area contributed by atoms with E-state index in [4.69, 9.17) is 0 Å². The van der Waals surface area contributed by atoms with Crippen LogP contribution in [0.1, 0.15) is 19.5 Å². The molecule has 2 rings (SSSR count). The zero-order chi connectivity index (χ0) is 14.7. The average molecular weight is 312 g/mol. The summed E-state index contributed by atoms with van der Waals surface area (Å²) in [6.07, 6.45) is -0.326. The second kappa shape index (κ2) is 6.65. The number of rotatable bonds is 6. The number of fused-ring (bicyclic) bond motifs is 1. The fourth-order valence-electron chi connectivity index (χ4n) is 2.15. The number of aromatic nitrogens is 1. The summed E-state index contributed by atoms with van der Waals surface area (Å²) in [6, 6.07) is 2.13. The Balaban J connectivity index is 2.25. The van der Waals surface area contributed by atoms with E-state index in [1.165, 1.54) is 27.7 Å². The largest absolute Gasteiger partial charge is 0.393 e. The fraction of sp³-hybridized carbons (Fsp3) is 0.500. The quantitative estimate of drug-likeness (QED) is 0.806. The predicted octanol–water partition coefficient (Wildman–Crippen LogP) is 2.62. The van der Waals surface area contributed by atoms with Gasteiger partial charge in [-0.25, -0.2) is 0 Å². The Hall–Kier alpha value is -0.980. The molecule has 0 fully saturated rings. The highest BCUT2D eigenvalue weighted by atomic mass is 32.2. The molecule has 0 aliphatic rings. The summed E-state index contributed by atoms with van der Waals surface area (Å²) in [4.78, 5) is 11.0. The zero-order valence-corrected chi connectivity index (χ0v) is 13.6. The average Bonchev–Trinajstić information content (AvgIpc) is 2.91. The predicted molar refractivity (Wildman–Crippen MR) is 85.6 cm³/mol. The molecule has 1 amide bonds. The maximum absolute atomic E-state index is 11.0. The van der Waals surface area contributed by atoms with Crippen molar-refractivity contribution in [2.75, 3.05) is 12.3 Å². The van der Waals surface area contributed by atoms with Gasteiger partial charge in [-0.05, 0) is 25.3 Å². The Morgan fingerprint density at radius 2 is 2.35 bits per heavy atom. The smallest absolute Gasteiger partial charge is 0.216 e. The number of hydrogen-bond acceptors (Lipinski definition) is 4. The van der Waals surface area contributed by atoms with Crippen LogP contribution in [0.25, 0.3) is 10.1 Å². The molecular weight excluding hydrogens is 292 g/mol. The SMILES string of the molecule is CC(=O)NCCn1c(SCC(C)O)c2ccsc2c1C. The monoisotopic (exact) mass is 312 g/mol. The molecule has 2 heterocycles. The fourth-order valence-corrected chi connectivity index (χ4v) is 4.23. The van der Waals surface area contributed by atoms with Crippen LogP contribution in [0.15, 0.2) is 16.5 Å². The normalized spacial score (nSPS) is 12.8. The lowest BCUT2D eigenvalue weighted by atomic mass is 10.4. The maximum Gasteiger partial charge on any atom is 0.216 e. The third kappa shape index (κ3) is 3.37. The molecule has 0 saturated carbocycles. The molecule has 110 valence electrons. The summed E-state index contributed by atoms with van der Waals surface area (Å²) in [5, 5.41) is 16.9. The first-order valence-electron chi connectivity index (χ1n) is 6.62. The highest BCUT2D eigenvalue weighted by Crippen LogP contribution is 2.36. The highest BCUT2D eigenvalue weighted by Gasteiger charge is 2.16. The van der Waals surface area contributed by atoms with Crippen molar-refractivity contribution in [2.24, 2.45) is 0 Å². The van der Waals surface area contributed by atoms with E-state index in [1.54, 1.807) is 30.0 Å². The summed E-state index contributed by atoms with van der Waals surface area (Å²) in [7, 11) is 0. The number of thioether (sulfide) groups is 1. The first-order valence-corrected chi connectivity index (χ1v) is 8.48. The second-order valence-corrected chi connectivity index (χ2v) is 6.77. The summed E-state index contributed by atoms with van der Waals surface area (Å²) >= 11 is 3.41. The van der Waals surface area contributed by atoms with Gasteiger partial charge in [0, 0.05) is 36.8 Å². The Bertz CT molecular complexity index is 602. The molecule has 4 nitrogen and oxygen atoms in total. The van der Waals surface area contributed by atoms with Gasteiger partial charge in [-0.1, -0.05) is 0 Å². The Kier molecular flexibility index (Phi) is 5.12. The number of aliphatic hydroxyl groups excluding tert-OH is 1. The second-order valence-electron chi connectivity index (χ2n) is 4.85. The molecule has 0 aliphatic carbocycles. The Morgan fingerprint density at radius 3 is 3.00 bits per heavy atom. The zero-order valence-electron chi connectivity index (χ0n) is 12.0. The highest BCUT2D eigenvalue weighted by molar-refractivity contribution is 7.99. The summed E-state index contributed by atoms with van der Waals surface area (Å²) in [5.74, 6) is 0.670. The number of thiophene rings is 1. The van der Waals surface area contributed by atoms with Crippen LogP contribution in [0.2, 0.25) is 0 Å². The standard InChI is InChI=1S/C14H20N2O2S2/c1-9(17)8-20-14-12-4-7-19-13(12)10(2)16(14)6-5-15-11(3)18/h4,7,9,17H,5-6,8H2,1-3H3,(H,15,18). The van der Waals surface area contributed by atoms with Gasteiger partial charge in [0.15, 0.2) is 0 Å². The topological polar surface area (TPSA) is 54.3 Å². The number of hydrogen-bond donors (Lipinski definition) is 2. The van der Waals surface area contributed by atoms with Crippen molar-refractivity contribution in [3.63, 3.8) is 0 Å². The van der Waals surface area contributed by atoms with E-state index in [-0.39, 0.29) is 12.0 Å². The van der Waals surface area contributed by atoms with Crippen LogP contribution in [-0.2, 0) is 11.3 Å². The first-order chi connectivity index (χ1) is 9.50. The Morgan fingerprint density at radius 1 is 1.60 bits per heavy atom. The van der Waals surface area contributed by atoms with E-state index in [0.717, 1.165) is 6.54 Å². The summed E-state index contributed by atoms with van der Waals surface area (Å²) in [5.41, 5.74) is 1.23. The van der Waals surface area contributed by atoms with E-state index in [9.17, 15) is 9.90 Å². The number of carbonyl (C=O) groups is 1. The number of nitrogens with zero attached hydrogens (tertiary/aromatic N) is 1. The van der Waals surface area contributed by atoms with Gasteiger partial charge < -0.3 is 15.0 Å². The van der Waals surface area contributed by atoms with Gasteiger partial charge in [-0.2, -0.15) is 0 Å². The van der Waals surface area contributed by atoms with Crippen LogP contribution in [0.5, 0.6) is 0 Å². The van der Waals surface area contributed by atoms with Crippen molar-refractivity contribution >= 4 is 39.1 Å². The van der Waals surface area contributed by atoms with E-state index in [0.29, 0.717) is 12.3 Å². The van der Waals surface area contributed by atoms with Crippen LogP contribution in [0, 0.1) is 6.92 Å². The summed E-state index contributed by atoms with van der Waals surface area (Å²) < 4.78 is 3.53. The van der Waals surface area contributed by atoms with Crippen molar-refractivity contribution in [3.8, 4) is 0 Å². The number of aryl methyl sites for hydroxylation is 1. The van der Waals surface area contributed by atoms with E-state index < -0.39 is 0 Å². The number of aliphatic hydroxyl groups is 1. The molecule has 2 aromatic rings. The molecule has 0 saturated heterocycles. The van der Waals surface area contributed by atoms with Crippen LogP contribution >= 0.6 is 23.1 Å². The molecule has 2 N–H and O–H groups in total. The molecule has 0 radical (unpaired) electrons. The van der Waals surface area contributed by atoms with Gasteiger partial charge in [0.2, 0.25) is 5.91 Å². The van der Waals surface area contributed by atoms with Crippen LogP contribution in [-0.4, -0.2) is 34.0 Å². The van der Waals surface area contributed by atoms with Crippen molar-refractivity contribution in [3.05, 3.63) is 17.1 Å². The lowest BCUT2D eigenvalue weighted by Gasteiger charge is -2.12. The van der Waals surface area contributed by atoms with Gasteiger partial charge in [-0.15, -0.1) is 23.1 Å². The third-order valence-electron chi connectivity index (χ3n) is 3.04. The van der Waals surface area contributed by atoms with Crippen molar-refractivity contribution in [1.82, 2.24) is 9.88 Å². The molecule has 20 heavy (non-hydrogen) atoms. The minimum Gasteiger partial charge on any atom is -0.393 e.